The lowest BCUT2D eigenvalue weighted by Crippen LogP contribution is -2.27. The second-order valence-electron chi connectivity index (χ2n) is 6.41. The fourth-order valence-corrected chi connectivity index (χ4v) is 3.07. The van der Waals surface area contributed by atoms with Crippen LogP contribution in [0.5, 0.6) is 0 Å². The Morgan fingerprint density at radius 3 is 2.61 bits per heavy atom. The third-order valence-corrected chi connectivity index (χ3v) is 5.21. The first-order valence-electron chi connectivity index (χ1n) is 8.24. The number of amides is 1. The van der Waals surface area contributed by atoms with Gasteiger partial charge in [0.05, 0.1) is 34.2 Å². The minimum Gasteiger partial charge on any atom is -0.390 e. The highest BCUT2D eigenvalue weighted by molar-refractivity contribution is 14.1. The standard InChI is InChI=1S/C18H15ClF3IN2O3/c19-11-8-10(17(26)25-28-6-5-18(27)3-4-18)16(15(22)14(11)21)24-13-2-1-9(23)7-12(13)20/h1-2,7-8,24,27H,3-6H2,(H,25,26). The van der Waals surface area contributed by atoms with Crippen LogP contribution in [0.1, 0.15) is 29.6 Å². The van der Waals surface area contributed by atoms with E-state index in [1.165, 1.54) is 12.1 Å². The van der Waals surface area contributed by atoms with E-state index in [0.717, 1.165) is 6.07 Å². The average Bonchev–Trinajstić information content (AvgIpc) is 3.38. The van der Waals surface area contributed by atoms with Gasteiger partial charge in [0, 0.05) is 9.99 Å². The first kappa shape index (κ1) is 21.2. The van der Waals surface area contributed by atoms with Gasteiger partial charge in [0.15, 0.2) is 11.6 Å². The van der Waals surface area contributed by atoms with Crippen LogP contribution in [0, 0.1) is 21.0 Å². The smallest absolute Gasteiger partial charge is 0.277 e. The molecule has 0 radical (unpaired) electrons. The predicted octanol–water partition coefficient (Wildman–Crippen LogP) is 4.68. The summed E-state index contributed by atoms with van der Waals surface area (Å²) < 4.78 is 43.0. The van der Waals surface area contributed by atoms with Crippen molar-refractivity contribution in [3.63, 3.8) is 0 Å². The van der Waals surface area contributed by atoms with Gasteiger partial charge in [-0.05, 0) is 59.7 Å². The van der Waals surface area contributed by atoms with E-state index < -0.39 is 39.7 Å². The second-order valence-corrected chi connectivity index (χ2v) is 8.06. The number of rotatable bonds is 7. The van der Waals surface area contributed by atoms with Gasteiger partial charge >= 0.3 is 0 Å². The van der Waals surface area contributed by atoms with Crippen molar-refractivity contribution in [2.45, 2.75) is 24.9 Å². The summed E-state index contributed by atoms with van der Waals surface area (Å²) in [4.78, 5) is 17.4. The molecule has 3 rings (SSSR count). The van der Waals surface area contributed by atoms with Crippen LogP contribution in [0.15, 0.2) is 24.3 Å². The summed E-state index contributed by atoms with van der Waals surface area (Å²) in [5.41, 5.74) is 0.237. The molecule has 10 heteroatoms. The van der Waals surface area contributed by atoms with Crippen molar-refractivity contribution in [3.8, 4) is 0 Å². The quantitative estimate of drug-likeness (QED) is 0.212. The number of aliphatic hydroxyl groups is 1. The van der Waals surface area contributed by atoms with Gasteiger partial charge < -0.3 is 10.4 Å². The molecule has 0 aliphatic heterocycles. The maximum absolute atomic E-state index is 14.4. The van der Waals surface area contributed by atoms with Crippen molar-refractivity contribution < 1.29 is 27.9 Å². The van der Waals surface area contributed by atoms with E-state index in [4.69, 9.17) is 16.4 Å². The lowest BCUT2D eigenvalue weighted by Gasteiger charge is -2.15. The van der Waals surface area contributed by atoms with E-state index in [1.807, 2.05) is 22.6 Å². The van der Waals surface area contributed by atoms with Gasteiger partial charge in [0.2, 0.25) is 0 Å². The zero-order chi connectivity index (χ0) is 20.5. The number of carbonyl (C=O) groups excluding carboxylic acids is 1. The van der Waals surface area contributed by atoms with E-state index in [9.17, 15) is 23.1 Å². The summed E-state index contributed by atoms with van der Waals surface area (Å²) in [5, 5.41) is 11.5. The number of benzene rings is 2. The molecule has 2 aromatic rings. The summed E-state index contributed by atoms with van der Waals surface area (Å²) in [6.45, 7) is 0.0359. The summed E-state index contributed by atoms with van der Waals surface area (Å²) in [7, 11) is 0. The Labute approximate surface area is 177 Å². The molecule has 3 N–H and O–H groups in total. The zero-order valence-corrected chi connectivity index (χ0v) is 17.2. The second kappa shape index (κ2) is 8.44. The highest BCUT2D eigenvalue weighted by atomic mass is 127. The number of carbonyl (C=O) groups is 1. The minimum absolute atomic E-state index is 0.0359. The summed E-state index contributed by atoms with van der Waals surface area (Å²) >= 11 is 7.55. The van der Waals surface area contributed by atoms with Crippen molar-refractivity contribution in [3.05, 3.63) is 55.9 Å². The molecular formula is C18H15ClF3IN2O3. The first-order valence-corrected chi connectivity index (χ1v) is 9.70. The van der Waals surface area contributed by atoms with Gasteiger partial charge in [-0.15, -0.1) is 0 Å². The summed E-state index contributed by atoms with van der Waals surface area (Å²) in [6, 6.07) is 5.00. The molecule has 0 unspecified atom stereocenters. The molecule has 5 nitrogen and oxygen atoms in total. The van der Waals surface area contributed by atoms with Crippen LogP contribution in [0.2, 0.25) is 5.02 Å². The molecular weight excluding hydrogens is 512 g/mol. The largest absolute Gasteiger partial charge is 0.390 e. The van der Waals surface area contributed by atoms with Crippen molar-refractivity contribution in [2.24, 2.45) is 0 Å². The van der Waals surface area contributed by atoms with Gasteiger partial charge in [-0.25, -0.2) is 18.7 Å². The van der Waals surface area contributed by atoms with Crippen LogP contribution < -0.4 is 10.8 Å². The molecule has 1 saturated carbocycles. The number of nitrogens with one attached hydrogen (secondary N) is 2. The summed E-state index contributed by atoms with van der Waals surface area (Å²) in [5.74, 6) is -4.41. The van der Waals surface area contributed by atoms with E-state index in [-0.39, 0.29) is 17.9 Å². The third kappa shape index (κ3) is 4.88. The lowest BCUT2D eigenvalue weighted by atomic mass is 10.1. The molecule has 1 aliphatic carbocycles. The number of hydrogen-bond donors (Lipinski definition) is 3. The molecule has 0 spiro atoms. The fraction of sp³-hybridized carbons (Fsp3) is 0.278. The van der Waals surface area contributed by atoms with E-state index in [2.05, 4.69) is 10.8 Å². The third-order valence-electron chi connectivity index (χ3n) is 4.26. The molecule has 150 valence electrons. The van der Waals surface area contributed by atoms with Crippen molar-refractivity contribution >= 4 is 51.5 Å². The van der Waals surface area contributed by atoms with Gasteiger partial charge in [-0.2, -0.15) is 0 Å². The first-order chi connectivity index (χ1) is 13.2. The van der Waals surface area contributed by atoms with Crippen LogP contribution in [0.4, 0.5) is 24.5 Å². The van der Waals surface area contributed by atoms with Crippen molar-refractivity contribution in [1.82, 2.24) is 5.48 Å². The van der Waals surface area contributed by atoms with Gasteiger partial charge in [-0.3, -0.25) is 9.63 Å². The molecule has 28 heavy (non-hydrogen) atoms. The number of hydrogen-bond acceptors (Lipinski definition) is 4. The number of hydroxylamine groups is 1. The molecule has 2 aromatic carbocycles. The molecule has 0 heterocycles. The van der Waals surface area contributed by atoms with Crippen molar-refractivity contribution in [2.75, 3.05) is 11.9 Å². The Morgan fingerprint density at radius 2 is 1.96 bits per heavy atom. The normalized spacial score (nSPS) is 14.6. The van der Waals surface area contributed by atoms with Crippen LogP contribution in [-0.2, 0) is 4.84 Å². The van der Waals surface area contributed by atoms with Gasteiger partial charge in [0.1, 0.15) is 5.82 Å². The monoisotopic (exact) mass is 526 g/mol. The minimum atomic E-state index is -1.43. The predicted molar refractivity (Wildman–Crippen MR) is 106 cm³/mol. The molecule has 0 aromatic heterocycles. The van der Waals surface area contributed by atoms with E-state index in [0.29, 0.717) is 22.8 Å². The molecule has 1 aliphatic rings. The molecule has 0 saturated heterocycles. The van der Waals surface area contributed by atoms with Crippen LogP contribution in [0.3, 0.4) is 0 Å². The maximum Gasteiger partial charge on any atom is 0.277 e. The van der Waals surface area contributed by atoms with Crippen LogP contribution in [0.25, 0.3) is 0 Å². The Kier molecular flexibility index (Phi) is 6.37. The Hall–Kier alpha value is -1.56. The number of halogens is 5. The zero-order valence-electron chi connectivity index (χ0n) is 14.3. The molecule has 1 amide bonds. The maximum atomic E-state index is 14.4. The fourth-order valence-electron chi connectivity index (χ4n) is 2.43. The molecule has 0 atom stereocenters. The molecule has 0 bridgehead atoms. The lowest BCUT2D eigenvalue weighted by molar-refractivity contribution is 0.0120. The Balaban J connectivity index is 1.81. The van der Waals surface area contributed by atoms with E-state index >= 15 is 0 Å². The molecule has 1 fully saturated rings. The highest BCUT2D eigenvalue weighted by Gasteiger charge is 2.39. The highest BCUT2D eigenvalue weighted by Crippen LogP contribution is 2.38. The number of anilines is 2. The van der Waals surface area contributed by atoms with Gasteiger partial charge in [0.25, 0.3) is 5.91 Å². The van der Waals surface area contributed by atoms with Gasteiger partial charge in [-0.1, -0.05) is 11.6 Å². The Morgan fingerprint density at radius 1 is 1.25 bits per heavy atom. The van der Waals surface area contributed by atoms with Crippen LogP contribution >= 0.6 is 34.2 Å². The SMILES string of the molecule is O=C(NOCCC1(O)CC1)c1cc(Cl)c(F)c(F)c1Nc1ccc(I)cc1F. The van der Waals surface area contributed by atoms with Crippen molar-refractivity contribution in [1.29, 1.82) is 0 Å². The van der Waals surface area contributed by atoms with Crippen LogP contribution in [-0.4, -0.2) is 23.2 Å². The van der Waals surface area contributed by atoms with E-state index in [1.54, 1.807) is 6.07 Å². The topological polar surface area (TPSA) is 70.6 Å². The Bertz CT molecular complexity index is 925. The summed E-state index contributed by atoms with van der Waals surface area (Å²) in [6.07, 6.45) is 1.66. The average molecular weight is 527 g/mol.